The molecule has 7 heteroatoms. The van der Waals surface area contributed by atoms with Gasteiger partial charge in [0.2, 0.25) is 5.89 Å². The van der Waals surface area contributed by atoms with Crippen LogP contribution in [0.4, 0.5) is 4.39 Å². The van der Waals surface area contributed by atoms with E-state index in [1.54, 1.807) is 11.8 Å². The van der Waals surface area contributed by atoms with E-state index in [0.717, 1.165) is 6.42 Å². The summed E-state index contributed by atoms with van der Waals surface area (Å²) in [5.41, 5.74) is 0.180. The van der Waals surface area contributed by atoms with E-state index in [9.17, 15) is 9.18 Å². The van der Waals surface area contributed by atoms with Gasteiger partial charge in [0.15, 0.2) is 5.82 Å². The summed E-state index contributed by atoms with van der Waals surface area (Å²) in [7, 11) is 0. The maximum Gasteiger partial charge on any atom is 0.255 e. The second-order valence-electron chi connectivity index (χ2n) is 5.02. The number of aryl methyl sites for hydroxylation is 1. The van der Waals surface area contributed by atoms with Gasteiger partial charge in [0.25, 0.3) is 5.91 Å². The molecule has 0 aliphatic carbocycles. The Morgan fingerprint density at radius 2 is 2.33 bits per heavy atom. The lowest BCUT2D eigenvalue weighted by atomic mass is 10.1. The monoisotopic (exact) mass is 309 g/mol. The van der Waals surface area contributed by atoms with Crippen molar-refractivity contribution < 1.29 is 13.7 Å². The standard InChI is InChI=1S/C14H13ClFN3O2/c1-8-17-13(21-18-8)9-5-6-19(7-9)14(20)10-3-2-4-11(16)12(10)15/h2-4,9H,5-7H2,1H3. The number of amides is 1. The van der Waals surface area contributed by atoms with E-state index < -0.39 is 5.82 Å². The number of likely N-dealkylation sites (tertiary alicyclic amines) is 1. The van der Waals surface area contributed by atoms with Crippen LogP contribution in [-0.4, -0.2) is 34.0 Å². The van der Waals surface area contributed by atoms with Crippen molar-refractivity contribution >= 4 is 17.5 Å². The van der Waals surface area contributed by atoms with Crippen molar-refractivity contribution in [1.29, 1.82) is 0 Å². The van der Waals surface area contributed by atoms with Gasteiger partial charge in [-0.25, -0.2) is 4.39 Å². The van der Waals surface area contributed by atoms with E-state index in [4.69, 9.17) is 16.1 Å². The largest absolute Gasteiger partial charge is 0.339 e. The minimum atomic E-state index is -0.592. The fourth-order valence-corrected chi connectivity index (χ4v) is 2.67. The predicted octanol–water partition coefficient (Wildman–Crippen LogP) is 2.80. The Morgan fingerprint density at radius 3 is 3.05 bits per heavy atom. The minimum Gasteiger partial charge on any atom is -0.339 e. The van der Waals surface area contributed by atoms with Crippen LogP contribution in [0.2, 0.25) is 5.02 Å². The SMILES string of the molecule is Cc1noc(C2CCN(C(=O)c3cccc(F)c3Cl)C2)n1. The molecule has 1 unspecified atom stereocenters. The third-order valence-electron chi connectivity index (χ3n) is 3.55. The van der Waals surface area contributed by atoms with Crippen LogP contribution in [0, 0.1) is 12.7 Å². The summed E-state index contributed by atoms with van der Waals surface area (Å²) in [6.07, 6.45) is 0.736. The minimum absolute atomic E-state index is 0.0162. The van der Waals surface area contributed by atoms with Gasteiger partial charge in [-0.05, 0) is 25.5 Å². The summed E-state index contributed by atoms with van der Waals surface area (Å²) in [4.78, 5) is 18.2. The first-order valence-electron chi connectivity index (χ1n) is 6.59. The zero-order chi connectivity index (χ0) is 15.0. The molecule has 3 rings (SSSR count). The molecule has 0 N–H and O–H groups in total. The van der Waals surface area contributed by atoms with Crippen molar-refractivity contribution in [3.05, 3.63) is 46.3 Å². The molecule has 0 saturated carbocycles. The number of carbonyl (C=O) groups is 1. The van der Waals surface area contributed by atoms with Gasteiger partial charge in [-0.1, -0.05) is 22.8 Å². The molecule has 1 atom stereocenters. The quantitative estimate of drug-likeness (QED) is 0.856. The molecule has 1 aliphatic heterocycles. The first-order valence-corrected chi connectivity index (χ1v) is 6.97. The van der Waals surface area contributed by atoms with Crippen LogP contribution in [0.15, 0.2) is 22.7 Å². The molecule has 1 fully saturated rings. The average Bonchev–Trinajstić information content (AvgIpc) is 3.09. The summed E-state index contributed by atoms with van der Waals surface area (Å²) < 4.78 is 18.6. The Kier molecular flexibility index (Phi) is 3.63. The molecule has 1 amide bonds. The molecule has 1 aromatic carbocycles. The van der Waals surface area contributed by atoms with E-state index in [2.05, 4.69) is 10.1 Å². The molecule has 1 aromatic heterocycles. The number of halogens is 2. The Balaban J connectivity index is 1.77. The average molecular weight is 310 g/mol. The second-order valence-corrected chi connectivity index (χ2v) is 5.40. The Morgan fingerprint density at radius 1 is 1.52 bits per heavy atom. The number of nitrogens with zero attached hydrogens (tertiary/aromatic N) is 3. The van der Waals surface area contributed by atoms with Gasteiger partial charge in [0, 0.05) is 13.1 Å². The van der Waals surface area contributed by atoms with Gasteiger partial charge in [-0.3, -0.25) is 4.79 Å². The highest BCUT2D eigenvalue weighted by Crippen LogP contribution is 2.29. The molecular formula is C14H13ClFN3O2. The lowest BCUT2D eigenvalue weighted by Crippen LogP contribution is -2.28. The molecule has 5 nitrogen and oxygen atoms in total. The van der Waals surface area contributed by atoms with Crippen molar-refractivity contribution in [1.82, 2.24) is 15.0 Å². The van der Waals surface area contributed by atoms with Crippen LogP contribution >= 0.6 is 11.6 Å². The fourth-order valence-electron chi connectivity index (χ4n) is 2.46. The van der Waals surface area contributed by atoms with Gasteiger partial charge in [-0.15, -0.1) is 0 Å². The smallest absolute Gasteiger partial charge is 0.255 e. The third-order valence-corrected chi connectivity index (χ3v) is 3.93. The zero-order valence-corrected chi connectivity index (χ0v) is 12.1. The first kappa shape index (κ1) is 14.0. The van der Waals surface area contributed by atoms with Gasteiger partial charge < -0.3 is 9.42 Å². The number of hydrogen-bond acceptors (Lipinski definition) is 4. The van der Waals surface area contributed by atoms with Crippen LogP contribution in [0.5, 0.6) is 0 Å². The molecule has 2 heterocycles. The summed E-state index contributed by atoms with van der Waals surface area (Å²) in [5, 5.41) is 3.62. The van der Waals surface area contributed by atoms with Crippen LogP contribution < -0.4 is 0 Å². The van der Waals surface area contributed by atoms with E-state index in [0.29, 0.717) is 24.8 Å². The van der Waals surface area contributed by atoms with Crippen molar-refractivity contribution in [2.75, 3.05) is 13.1 Å². The molecule has 2 aromatic rings. The van der Waals surface area contributed by atoms with Gasteiger partial charge >= 0.3 is 0 Å². The zero-order valence-electron chi connectivity index (χ0n) is 11.3. The molecule has 0 spiro atoms. The Labute approximate surface area is 125 Å². The first-order chi connectivity index (χ1) is 10.1. The Bertz CT molecular complexity index is 689. The molecule has 1 saturated heterocycles. The number of rotatable bonds is 2. The number of hydrogen-bond donors (Lipinski definition) is 0. The highest BCUT2D eigenvalue weighted by Gasteiger charge is 2.32. The van der Waals surface area contributed by atoms with Crippen molar-refractivity contribution in [3.63, 3.8) is 0 Å². The summed E-state index contributed by atoms with van der Waals surface area (Å²) >= 11 is 5.86. The second kappa shape index (κ2) is 5.44. The molecule has 110 valence electrons. The number of aromatic nitrogens is 2. The highest BCUT2D eigenvalue weighted by atomic mass is 35.5. The third kappa shape index (κ3) is 2.63. The maximum absolute atomic E-state index is 13.4. The normalized spacial score (nSPS) is 18.2. The van der Waals surface area contributed by atoms with Gasteiger partial charge in [-0.2, -0.15) is 4.98 Å². The lowest BCUT2D eigenvalue weighted by Gasteiger charge is -2.16. The van der Waals surface area contributed by atoms with Crippen molar-refractivity contribution in [2.45, 2.75) is 19.3 Å². The maximum atomic E-state index is 13.4. The van der Waals surface area contributed by atoms with E-state index in [-0.39, 0.29) is 22.4 Å². The summed E-state index contributed by atoms with van der Waals surface area (Å²) in [6, 6.07) is 4.23. The van der Waals surface area contributed by atoms with Crippen LogP contribution in [0.1, 0.15) is 34.4 Å². The van der Waals surface area contributed by atoms with Crippen LogP contribution in [0.25, 0.3) is 0 Å². The topological polar surface area (TPSA) is 59.2 Å². The number of benzene rings is 1. The summed E-state index contributed by atoms with van der Waals surface area (Å²) in [6.45, 7) is 2.77. The summed E-state index contributed by atoms with van der Waals surface area (Å²) in [5.74, 6) is 0.252. The molecule has 0 bridgehead atoms. The van der Waals surface area contributed by atoms with E-state index >= 15 is 0 Å². The van der Waals surface area contributed by atoms with E-state index in [1.165, 1.54) is 18.2 Å². The Hall–Kier alpha value is -1.95. The van der Waals surface area contributed by atoms with Gasteiger partial charge in [0.1, 0.15) is 5.82 Å². The molecule has 1 aliphatic rings. The lowest BCUT2D eigenvalue weighted by molar-refractivity contribution is 0.0789. The van der Waals surface area contributed by atoms with Crippen molar-refractivity contribution in [2.24, 2.45) is 0 Å². The molecule has 21 heavy (non-hydrogen) atoms. The van der Waals surface area contributed by atoms with Crippen molar-refractivity contribution in [3.8, 4) is 0 Å². The van der Waals surface area contributed by atoms with Crippen LogP contribution in [-0.2, 0) is 0 Å². The molecule has 0 radical (unpaired) electrons. The van der Waals surface area contributed by atoms with Gasteiger partial charge in [0.05, 0.1) is 16.5 Å². The predicted molar refractivity (Wildman–Crippen MR) is 73.7 cm³/mol. The van der Waals surface area contributed by atoms with E-state index in [1.807, 2.05) is 0 Å². The molecular weight excluding hydrogens is 297 g/mol. The number of carbonyl (C=O) groups excluding carboxylic acids is 1. The van der Waals surface area contributed by atoms with Crippen LogP contribution in [0.3, 0.4) is 0 Å². The highest BCUT2D eigenvalue weighted by molar-refractivity contribution is 6.34. The fraction of sp³-hybridized carbons (Fsp3) is 0.357.